The van der Waals surface area contributed by atoms with Gasteiger partial charge in [0, 0.05) is 53.8 Å². The van der Waals surface area contributed by atoms with Crippen molar-refractivity contribution in [3.63, 3.8) is 0 Å². The zero-order chi connectivity index (χ0) is 19.7. The van der Waals surface area contributed by atoms with E-state index in [2.05, 4.69) is 15.7 Å². The third-order valence-corrected chi connectivity index (χ3v) is 7.66. The van der Waals surface area contributed by atoms with Crippen molar-refractivity contribution >= 4 is 48.7 Å². The molecule has 1 N–H and O–H groups in total. The third-order valence-electron chi connectivity index (χ3n) is 4.91. The number of anilines is 1. The lowest BCUT2D eigenvalue weighted by Gasteiger charge is -2.14. The molecule has 0 aliphatic carbocycles. The fourth-order valence-electron chi connectivity index (χ4n) is 3.56. The number of nitrogens with one attached hydrogen (secondary N) is 1. The number of nitrogens with zero attached hydrogens (tertiary/aromatic N) is 1. The lowest BCUT2D eigenvalue weighted by Crippen LogP contribution is -2.19. The van der Waals surface area contributed by atoms with Crippen LogP contribution in [0, 0.1) is 0 Å². The molecule has 0 bridgehead atoms. The molecule has 1 aromatic heterocycles. The number of hydrogen-bond donors (Lipinski definition) is 1. The molecule has 28 heavy (non-hydrogen) atoms. The van der Waals surface area contributed by atoms with Gasteiger partial charge in [0.15, 0.2) is 0 Å². The molecule has 1 aliphatic rings. The summed E-state index contributed by atoms with van der Waals surface area (Å²) >= 11 is 7.48. The smallest absolute Gasteiger partial charge is 0.263 e. The Bertz CT molecular complexity index is 1110. The normalized spacial score (nSPS) is 14.5. The summed E-state index contributed by atoms with van der Waals surface area (Å²) in [6.07, 6.45) is 0.952. The molecule has 0 radical (unpaired) electrons. The Morgan fingerprint density at radius 3 is 2.93 bits per heavy atom. The summed E-state index contributed by atoms with van der Waals surface area (Å²) in [7, 11) is -2.01. The minimum atomic E-state index is -3.71. The van der Waals surface area contributed by atoms with Crippen LogP contribution in [-0.2, 0) is 27.8 Å². The monoisotopic (exact) mass is 436 g/mol. The second kappa shape index (κ2) is 8.00. The van der Waals surface area contributed by atoms with Gasteiger partial charge in [-0.3, -0.25) is 9.62 Å². The van der Waals surface area contributed by atoms with Crippen LogP contribution in [0.4, 0.5) is 5.69 Å². The zero-order valence-electron chi connectivity index (χ0n) is 15.4. The molecule has 0 amide bonds. The Morgan fingerprint density at radius 1 is 1.25 bits per heavy atom. The topological polar surface area (TPSA) is 58.6 Å². The maximum absolute atomic E-state index is 13.1. The first-order valence-corrected chi connectivity index (χ1v) is 11.7. The van der Waals surface area contributed by atoms with Crippen molar-refractivity contribution in [2.24, 2.45) is 0 Å². The summed E-state index contributed by atoms with van der Waals surface area (Å²) in [6.45, 7) is 3.20. The summed E-state index contributed by atoms with van der Waals surface area (Å²) in [5.41, 5.74) is 2.85. The minimum Gasteiger partial charge on any atom is -0.385 e. The zero-order valence-corrected chi connectivity index (χ0v) is 17.8. The van der Waals surface area contributed by atoms with Gasteiger partial charge in [-0.15, -0.1) is 11.3 Å². The van der Waals surface area contributed by atoms with E-state index < -0.39 is 10.0 Å². The van der Waals surface area contributed by atoms with Crippen molar-refractivity contribution in [2.45, 2.75) is 24.4 Å². The molecule has 0 fully saturated rings. The van der Waals surface area contributed by atoms with Crippen molar-refractivity contribution < 1.29 is 13.2 Å². The van der Waals surface area contributed by atoms with Crippen molar-refractivity contribution in [3.05, 3.63) is 57.9 Å². The largest absolute Gasteiger partial charge is 0.385 e. The molecule has 0 saturated carbocycles. The second-order valence-electron chi connectivity index (χ2n) is 6.85. The van der Waals surface area contributed by atoms with Gasteiger partial charge in [0.1, 0.15) is 4.90 Å². The van der Waals surface area contributed by atoms with E-state index in [4.69, 9.17) is 16.3 Å². The Morgan fingerprint density at radius 2 is 2.11 bits per heavy atom. The highest BCUT2D eigenvalue weighted by Crippen LogP contribution is 2.35. The molecule has 0 saturated heterocycles. The summed E-state index contributed by atoms with van der Waals surface area (Å²) in [5, 5.41) is 2.84. The molecule has 0 spiro atoms. The molecule has 0 atom stereocenters. The Labute approximate surface area is 173 Å². The molecule has 2 heterocycles. The average Bonchev–Trinajstić information content (AvgIpc) is 3.26. The maximum Gasteiger partial charge on any atom is 0.263 e. The number of methoxy groups -OCH3 is 1. The number of fused-ring (bicyclic) bond motifs is 2. The number of benzene rings is 2. The number of hydrogen-bond acceptors (Lipinski definition) is 5. The van der Waals surface area contributed by atoms with E-state index in [-0.39, 0.29) is 4.90 Å². The lowest BCUT2D eigenvalue weighted by molar-refractivity contribution is 0.172. The average molecular weight is 437 g/mol. The Hall–Kier alpha value is -1.64. The predicted octanol–water partition coefficient (Wildman–Crippen LogP) is 4.71. The quantitative estimate of drug-likeness (QED) is 0.545. The van der Waals surface area contributed by atoms with Crippen LogP contribution in [0.1, 0.15) is 17.5 Å². The Kier molecular flexibility index (Phi) is 5.62. The molecular formula is C20H21ClN2O3S2. The van der Waals surface area contributed by atoms with Gasteiger partial charge >= 0.3 is 0 Å². The van der Waals surface area contributed by atoms with E-state index >= 15 is 0 Å². The molecule has 4 rings (SSSR count). The van der Waals surface area contributed by atoms with Crippen LogP contribution in [0.5, 0.6) is 0 Å². The van der Waals surface area contributed by atoms with Crippen molar-refractivity contribution in [1.82, 2.24) is 4.90 Å². The van der Waals surface area contributed by atoms with E-state index in [9.17, 15) is 8.42 Å². The van der Waals surface area contributed by atoms with Crippen LogP contribution < -0.4 is 4.72 Å². The molecule has 0 unspecified atom stereocenters. The van der Waals surface area contributed by atoms with Crippen LogP contribution in [0.2, 0.25) is 5.02 Å². The van der Waals surface area contributed by atoms with E-state index in [1.54, 1.807) is 24.6 Å². The summed E-state index contributed by atoms with van der Waals surface area (Å²) < 4.78 is 35.0. The van der Waals surface area contributed by atoms with Gasteiger partial charge < -0.3 is 4.74 Å². The molecule has 1 aliphatic heterocycles. The van der Waals surface area contributed by atoms with E-state index in [0.29, 0.717) is 16.1 Å². The molecule has 8 heteroatoms. The first kappa shape index (κ1) is 19.7. The van der Waals surface area contributed by atoms with Gasteiger partial charge in [0.2, 0.25) is 0 Å². The van der Waals surface area contributed by atoms with Crippen LogP contribution in [0.25, 0.3) is 10.1 Å². The highest BCUT2D eigenvalue weighted by atomic mass is 35.5. The van der Waals surface area contributed by atoms with Gasteiger partial charge in [-0.25, -0.2) is 8.42 Å². The highest BCUT2D eigenvalue weighted by Gasteiger charge is 2.25. The molecule has 5 nitrogen and oxygen atoms in total. The van der Waals surface area contributed by atoms with Gasteiger partial charge in [-0.2, -0.15) is 0 Å². The first-order valence-electron chi connectivity index (χ1n) is 8.99. The predicted molar refractivity (Wildman–Crippen MR) is 115 cm³/mol. The fourth-order valence-corrected chi connectivity index (χ4v) is 6.30. The minimum absolute atomic E-state index is 0.266. The van der Waals surface area contributed by atoms with Crippen molar-refractivity contribution in [1.29, 1.82) is 0 Å². The second-order valence-corrected chi connectivity index (χ2v) is 9.84. The summed E-state index contributed by atoms with van der Waals surface area (Å²) in [5.74, 6) is 0. The van der Waals surface area contributed by atoms with Gasteiger partial charge in [-0.05, 0) is 41.8 Å². The van der Waals surface area contributed by atoms with Gasteiger partial charge in [-0.1, -0.05) is 23.7 Å². The van der Waals surface area contributed by atoms with Gasteiger partial charge in [0.25, 0.3) is 10.0 Å². The standard InChI is InChI=1S/C20H21ClN2O3S2/c1-26-9-3-8-23-11-14-4-2-5-18(17(14)12-23)22-28(24,25)20-13-27-19-7-6-15(21)10-16(19)20/h2,4-7,10,13,22H,3,8-9,11-12H2,1H3. The van der Waals surface area contributed by atoms with Crippen LogP contribution >= 0.6 is 22.9 Å². The summed E-state index contributed by atoms with van der Waals surface area (Å²) in [6, 6.07) is 11.1. The molecular weight excluding hydrogens is 416 g/mol. The van der Waals surface area contributed by atoms with Crippen LogP contribution in [0.15, 0.2) is 46.7 Å². The maximum atomic E-state index is 13.1. The number of rotatable bonds is 7. The molecule has 3 aromatic rings. The fraction of sp³-hybridized carbons (Fsp3) is 0.300. The summed E-state index contributed by atoms with van der Waals surface area (Å²) in [4.78, 5) is 2.57. The highest BCUT2D eigenvalue weighted by molar-refractivity contribution is 7.93. The van der Waals surface area contributed by atoms with Crippen LogP contribution in [-0.4, -0.2) is 33.6 Å². The van der Waals surface area contributed by atoms with E-state index in [1.807, 2.05) is 18.2 Å². The van der Waals surface area contributed by atoms with E-state index in [1.165, 1.54) is 11.3 Å². The number of ether oxygens (including phenoxy) is 1. The molecule has 2 aromatic carbocycles. The number of thiophene rings is 1. The van der Waals surface area contributed by atoms with E-state index in [0.717, 1.165) is 48.5 Å². The van der Waals surface area contributed by atoms with Crippen molar-refractivity contribution in [2.75, 3.05) is 25.0 Å². The SMILES string of the molecule is COCCCN1Cc2cccc(NS(=O)(=O)c3csc4ccc(Cl)cc34)c2C1. The Balaban J connectivity index is 1.60. The lowest BCUT2D eigenvalue weighted by atomic mass is 10.1. The van der Waals surface area contributed by atoms with Crippen molar-refractivity contribution in [3.8, 4) is 0 Å². The molecule has 148 valence electrons. The first-order chi connectivity index (χ1) is 13.5. The van der Waals surface area contributed by atoms with Gasteiger partial charge in [0.05, 0.1) is 5.69 Å². The third kappa shape index (κ3) is 3.90. The number of sulfonamides is 1. The van der Waals surface area contributed by atoms with Crippen LogP contribution in [0.3, 0.4) is 0 Å². The number of halogens is 1.